The molecule has 0 atom stereocenters. The molecule has 23 heavy (non-hydrogen) atoms. The number of carbonyl (C=O) groups excluding carboxylic acids is 1. The molecule has 2 N–H and O–H groups in total. The molecule has 0 bridgehead atoms. The molecular weight excluding hydrogens is 323 g/mol. The fourth-order valence-corrected chi connectivity index (χ4v) is 3.38. The second kappa shape index (κ2) is 6.66. The first-order chi connectivity index (χ1) is 10.8. The van der Waals surface area contributed by atoms with Gasteiger partial charge >= 0.3 is 0 Å². The van der Waals surface area contributed by atoms with E-state index in [1.165, 1.54) is 19.2 Å². The van der Waals surface area contributed by atoms with E-state index in [1.54, 1.807) is 12.1 Å². The Kier molecular flexibility index (Phi) is 4.85. The Morgan fingerprint density at radius 3 is 2.43 bits per heavy atom. The number of hydrogen-bond donors (Lipinski definition) is 1. The Hall–Kier alpha value is -2.61. The van der Waals surface area contributed by atoms with Crippen LogP contribution in [0.25, 0.3) is 0 Å². The highest BCUT2D eigenvalue weighted by Gasteiger charge is 2.26. The van der Waals surface area contributed by atoms with E-state index in [1.807, 2.05) is 0 Å². The number of benzene rings is 2. The van der Waals surface area contributed by atoms with E-state index in [2.05, 4.69) is 0 Å². The van der Waals surface area contributed by atoms with E-state index in [0.717, 1.165) is 28.6 Å². The van der Waals surface area contributed by atoms with Crippen molar-refractivity contribution < 1.29 is 22.3 Å². The monoisotopic (exact) mass is 338 g/mol. The van der Waals surface area contributed by atoms with Gasteiger partial charge in [-0.2, -0.15) is 0 Å². The Labute approximate surface area is 133 Å². The number of primary amides is 1. The summed E-state index contributed by atoms with van der Waals surface area (Å²) in [5.41, 5.74) is 5.38. The van der Waals surface area contributed by atoms with Crippen molar-refractivity contribution in [1.82, 2.24) is 0 Å². The fourth-order valence-electron chi connectivity index (χ4n) is 1.96. The van der Waals surface area contributed by atoms with E-state index >= 15 is 0 Å². The second-order valence-corrected chi connectivity index (χ2v) is 6.50. The summed E-state index contributed by atoms with van der Waals surface area (Å²) in [6.07, 6.45) is 0. The first kappa shape index (κ1) is 16.8. The summed E-state index contributed by atoms with van der Waals surface area (Å²) < 4.78 is 44.4. The van der Waals surface area contributed by atoms with Gasteiger partial charge in [-0.1, -0.05) is 6.07 Å². The third kappa shape index (κ3) is 3.78. The maximum atomic E-state index is 13.0. The molecule has 0 aliphatic rings. The molecule has 0 unspecified atom stereocenters. The van der Waals surface area contributed by atoms with Crippen LogP contribution < -0.4 is 14.8 Å². The molecular formula is C15H15FN2O4S. The molecule has 2 aromatic carbocycles. The summed E-state index contributed by atoms with van der Waals surface area (Å²) >= 11 is 0. The quantitative estimate of drug-likeness (QED) is 0.864. The van der Waals surface area contributed by atoms with Gasteiger partial charge in [0.25, 0.3) is 10.0 Å². The number of halogens is 1. The van der Waals surface area contributed by atoms with Gasteiger partial charge in [0.05, 0.1) is 17.7 Å². The van der Waals surface area contributed by atoms with E-state index in [0.29, 0.717) is 5.75 Å². The van der Waals surface area contributed by atoms with Crippen molar-refractivity contribution in [2.24, 2.45) is 5.73 Å². The van der Waals surface area contributed by atoms with E-state index in [9.17, 15) is 17.6 Å². The number of amides is 1. The van der Waals surface area contributed by atoms with Crippen molar-refractivity contribution in [1.29, 1.82) is 0 Å². The van der Waals surface area contributed by atoms with Gasteiger partial charge in [0.2, 0.25) is 5.91 Å². The Balaban J connectivity index is 2.52. The predicted molar refractivity (Wildman–Crippen MR) is 83.1 cm³/mol. The number of nitrogens with two attached hydrogens (primary N) is 1. The molecule has 0 saturated heterocycles. The molecule has 0 fully saturated rings. The molecule has 2 aromatic rings. The number of hydrogen-bond acceptors (Lipinski definition) is 4. The van der Waals surface area contributed by atoms with Gasteiger partial charge in [0.1, 0.15) is 18.1 Å². The third-order valence-corrected chi connectivity index (χ3v) is 4.83. The van der Waals surface area contributed by atoms with Crippen molar-refractivity contribution in [2.75, 3.05) is 18.0 Å². The lowest BCUT2D eigenvalue weighted by Gasteiger charge is -2.23. The van der Waals surface area contributed by atoms with Crippen LogP contribution in [-0.2, 0) is 14.8 Å². The van der Waals surface area contributed by atoms with Gasteiger partial charge in [-0.25, -0.2) is 12.8 Å². The maximum Gasteiger partial charge on any atom is 0.264 e. The zero-order chi connectivity index (χ0) is 17.0. The van der Waals surface area contributed by atoms with Gasteiger partial charge in [-0.3, -0.25) is 9.10 Å². The summed E-state index contributed by atoms with van der Waals surface area (Å²) in [4.78, 5) is 11.1. The molecule has 122 valence electrons. The molecule has 0 saturated carbocycles. The van der Waals surface area contributed by atoms with Crippen LogP contribution in [0.4, 0.5) is 10.1 Å². The summed E-state index contributed by atoms with van der Waals surface area (Å²) in [5.74, 6) is -0.962. The van der Waals surface area contributed by atoms with Gasteiger partial charge in [-0.05, 0) is 36.4 Å². The average molecular weight is 338 g/mol. The topological polar surface area (TPSA) is 89.7 Å². The van der Waals surface area contributed by atoms with Crippen LogP contribution in [0, 0.1) is 5.82 Å². The number of sulfonamides is 1. The van der Waals surface area contributed by atoms with Crippen LogP contribution in [0.3, 0.4) is 0 Å². The number of nitrogens with zero attached hydrogens (tertiary/aromatic N) is 1. The summed E-state index contributed by atoms with van der Waals surface area (Å²) in [7, 11) is -2.64. The number of ether oxygens (including phenoxy) is 1. The molecule has 0 radical (unpaired) electrons. The number of carbonyl (C=O) groups is 1. The standard InChI is InChI=1S/C15H15FN2O4S/c1-22-13-4-2-3-12(9-13)18(10-15(17)19)23(20,21)14-7-5-11(16)6-8-14/h2-9H,10H2,1H3,(H2,17,19). The molecule has 6 nitrogen and oxygen atoms in total. The molecule has 0 heterocycles. The van der Waals surface area contributed by atoms with Crippen LogP contribution in [0.5, 0.6) is 5.75 Å². The summed E-state index contributed by atoms with van der Waals surface area (Å²) in [6, 6.07) is 10.5. The normalized spacial score (nSPS) is 11.0. The van der Waals surface area contributed by atoms with Gasteiger partial charge in [-0.15, -0.1) is 0 Å². The first-order valence-electron chi connectivity index (χ1n) is 6.55. The van der Waals surface area contributed by atoms with Gasteiger partial charge in [0, 0.05) is 6.07 Å². The fraction of sp³-hybridized carbons (Fsp3) is 0.133. The Morgan fingerprint density at radius 1 is 1.22 bits per heavy atom. The zero-order valence-electron chi connectivity index (χ0n) is 12.3. The lowest BCUT2D eigenvalue weighted by Crippen LogP contribution is -2.38. The number of rotatable bonds is 6. The average Bonchev–Trinajstić information content (AvgIpc) is 2.52. The number of methoxy groups -OCH3 is 1. The minimum Gasteiger partial charge on any atom is -0.497 e. The molecule has 0 aliphatic heterocycles. The maximum absolute atomic E-state index is 13.0. The van der Waals surface area contributed by atoms with Gasteiger partial charge < -0.3 is 10.5 Å². The molecule has 0 spiro atoms. The minimum atomic E-state index is -4.08. The van der Waals surface area contributed by atoms with E-state index in [4.69, 9.17) is 10.5 Å². The van der Waals surface area contributed by atoms with Crippen LogP contribution in [0.1, 0.15) is 0 Å². The largest absolute Gasteiger partial charge is 0.497 e. The zero-order valence-corrected chi connectivity index (χ0v) is 13.1. The van der Waals surface area contributed by atoms with Crippen LogP contribution in [0.15, 0.2) is 53.4 Å². The summed E-state index contributed by atoms with van der Waals surface area (Å²) in [5, 5.41) is 0. The lowest BCUT2D eigenvalue weighted by atomic mass is 10.3. The molecule has 0 aliphatic carbocycles. The predicted octanol–water partition coefficient (Wildman–Crippen LogP) is 1.51. The third-order valence-electron chi connectivity index (χ3n) is 3.04. The van der Waals surface area contributed by atoms with Crippen LogP contribution in [0.2, 0.25) is 0 Å². The Bertz CT molecular complexity index is 806. The highest BCUT2D eigenvalue weighted by Crippen LogP contribution is 2.26. The highest BCUT2D eigenvalue weighted by atomic mass is 32.2. The minimum absolute atomic E-state index is 0.150. The summed E-state index contributed by atoms with van der Waals surface area (Å²) in [6.45, 7) is -0.549. The van der Waals surface area contributed by atoms with Crippen molar-refractivity contribution in [3.8, 4) is 5.75 Å². The lowest BCUT2D eigenvalue weighted by molar-refractivity contribution is -0.116. The van der Waals surface area contributed by atoms with Crippen LogP contribution in [-0.4, -0.2) is 28.0 Å². The van der Waals surface area contributed by atoms with Crippen molar-refractivity contribution >= 4 is 21.6 Å². The van der Waals surface area contributed by atoms with Crippen molar-refractivity contribution in [3.05, 3.63) is 54.3 Å². The molecule has 0 aromatic heterocycles. The van der Waals surface area contributed by atoms with Crippen molar-refractivity contribution in [3.63, 3.8) is 0 Å². The van der Waals surface area contributed by atoms with Gasteiger partial charge in [0.15, 0.2) is 0 Å². The highest BCUT2D eigenvalue weighted by molar-refractivity contribution is 7.92. The SMILES string of the molecule is COc1cccc(N(CC(N)=O)S(=O)(=O)c2ccc(F)cc2)c1. The number of anilines is 1. The Morgan fingerprint density at radius 2 is 1.87 bits per heavy atom. The smallest absolute Gasteiger partial charge is 0.264 e. The van der Waals surface area contributed by atoms with Crippen LogP contribution >= 0.6 is 0 Å². The molecule has 1 amide bonds. The van der Waals surface area contributed by atoms with E-state index < -0.39 is 28.3 Å². The molecule has 8 heteroatoms. The molecule has 2 rings (SSSR count). The first-order valence-corrected chi connectivity index (χ1v) is 7.99. The second-order valence-electron chi connectivity index (χ2n) is 4.63. The van der Waals surface area contributed by atoms with Crippen molar-refractivity contribution in [2.45, 2.75) is 4.90 Å². The van der Waals surface area contributed by atoms with E-state index in [-0.39, 0.29) is 10.6 Å².